The second kappa shape index (κ2) is 10.5. The van der Waals surface area contributed by atoms with Crippen molar-refractivity contribution in [2.75, 3.05) is 29.5 Å². The smallest absolute Gasteiger partial charge is 0.413 e. The van der Waals surface area contributed by atoms with Crippen LogP contribution in [0.3, 0.4) is 0 Å². The van der Waals surface area contributed by atoms with E-state index in [0.717, 1.165) is 11.1 Å². The molecule has 5 rings (SSSR count). The number of sulfone groups is 1. The number of aromatic nitrogens is 3. The van der Waals surface area contributed by atoms with Crippen LogP contribution in [0.2, 0.25) is 0 Å². The highest BCUT2D eigenvalue weighted by Gasteiger charge is 2.38. The zero-order valence-electron chi connectivity index (χ0n) is 20.4. The number of alkyl halides is 3. The molecular formula is C26H22F3N5O4S. The predicted octanol–water partition coefficient (Wildman–Crippen LogP) is 4.67. The molecular weight excluding hydrogens is 535 g/mol. The molecule has 9 nitrogen and oxygen atoms in total. The number of hydrogen-bond donors (Lipinski definition) is 0. The molecule has 202 valence electrons. The maximum atomic E-state index is 13.7. The molecule has 0 spiro atoms. The van der Waals surface area contributed by atoms with E-state index in [-0.39, 0.29) is 43.1 Å². The van der Waals surface area contributed by atoms with Crippen molar-refractivity contribution in [3.05, 3.63) is 84.5 Å². The van der Waals surface area contributed by atoms with Crippen molar-refractivity contribution in [2.24, 2.45) is 0 Å². The number of hydrogen-bond acceptors (Lipinski definition) is 7. The van der Waals surface area contributed by atoms with Crippen LogP contribution in [0.25, 0.3) is 22.6 Å². The summed E-state index contributed by atoms with van der Waals surface area (Å²) >= 11 is 0. The molecule has 0 N–H and O–H groups in total. The third kappa shape index (κ3) is 6.08. The fourth-order valence-corrected chi connectivity index (χ4v) is 5.32. The average molecular weight is 558 g/mol. The van der Waals surface area contributed by atoms with Crippen LogP contribution in [0.4, 0.5) is 23.7 Å². The lowest BCUT2D eigenvalue weighted by Gasteiger charge is -2.33. The Labute approximate surface area is 221 Å². The summed E-state index contributed by atoms with van der Waals surface area (Å²) < 4.78 is 67.0. The van der Waals surface area contributed by atoms with Crippen molar-refractivity contribution in [2.45, 2.75) is 12.7 Å². The summed E-state index contributed by atoms with van der Waals surface area (Å²) in [6.07, 6.45) is -1.37. The first-order valence-electron chi connectivity index (χ1n) is 11.9. The van der Waals surface area contributed by atoms with Crippen LogP contribution in [-0.2, 0) is 22.6 Å². The van der Waals surface area contributed by atoms with Crippen molar-refractivity contribution >= 4 is 21.6 Å². The number of amides is 2. The third-order valence-corrected chi connectivity index (χ3v) is 7.82. The number of rotatable bonds is 5. The number of carbonyl (C=O) groups is 1. The van der Waals surface area contributed by atoms with Gasteiger partial charge in [0.15, 0.2) is 9.84 Å². The Kier molecular flexibility index (Phi) is 7.08. The van der Waals surface area contributed by atoms with Crippen LogP contribution in [0.5, 0.6) is 0 Å². The zero-order valence-corrected chi connectivity index (χ0v) is 21.2. The van der Waals surface area contributed by atoms with Crippen LogP contribution >= 0.6 is 0 Å². The van der Waals surface area contributed by atoms with Gasteiger partial charge in [-0.3, -0.25) is 9.88 Å². The largest absolute Gasteiger partial charge is 0.470 e. The minimum Gasteiger partial charge on any atom is -0.413 e. The lowest BCUT2D eigenvalue weighted by molar-refractivity contribution is -0.156. The zero-order chi connectivity index (χ0) is 27.6. The van der Waals surface area contributed by atoms with Gasteiger partial charge >= 0.3 is 18.1 Å². The molecule has 4 aromatic rings. The van der Waals surface area contributed by atoms with Gasteiger partial charge in [-0.25, -0.2) is 13.2 Å². The van der Waals surface area contributed by atoms with Gasteiger partial charge in [0.2, 0.25) is 5.89 Å². The van der Waals surface area contributed by atoms with Crippen molar-refractivity contribution in [3.63, 3.8) is 0 Å². The molecule has 1 fully saturated rings. The van der Waals surface area contributed by atoms with E-state index >= 15 is 0 Å². The Morgan fingerprint density at radius 2 is 1.67 bits per heavy atom. The molecule has 1 aliphatic rings. The lowest BCUT2D eigenvalue weighted by atomic mass is 10.1. The molecule has 2 aromatic carbocycles. The van der Waals surface area contributed by atoms with Crippen molar-refractivity contribution < 1.29 is 30.8 Å². The number of benzene rings is 2. The number of nitrogens with zero attached hydrogens (tertiary/aromatic N) is 5. The highest BCUT2D eigenvalue weighted by molar-refractivity contribution is 7.91. The average Bonchev–Trinajstić information content (AvgIpc) is 3.44. The summed E-state index contributed by atoms with van der Waals surface area (Å²) in [5.74, 6) is -1.93. The second-order valence-electron chi connectivity index (χ2n) is 8.91. The normalized spacial score (nSPS) is 15.2. The summed E-state index contributed by atoms with van der Waals surface area (Å²) in [6, 6.07) is 17.1. The molecule has 13 heteroatoms. The van der Waals surface area contributed by atoms with Gasteiger partial charge in [0.05, 0.1) is 18.1 Å². The van der Waals surface area contributed by atoms with Gasteiger partial charge in [-0.1, -0.05) is 30.3 Å². The monoisotopic (exact) mass is 557 g/mol. The Bertz CT molecular complexity index is 1560. The van der Waals surface area contributed by atoms with Gasteiger partial charge in [-0.2, -0.15) is 13.2 Å². The molecule has 0 radical (unpaired) electrons. The number of urea groups is 1. The van der Waals surface area contributed by atoms with Crippen LogP contribution < -0.4 is 4.90 Å². The minimum absolute atomic E-state index is 0.0810. The molecule has 2 aromatic heterocycles. The number of pyridine rings is 1. The maximum absolute atomic E-state index is 13.7. The van der Waals surface area contributed by atoms with Gasteiger partial charge in [-0.05, 0) is 41.5 Å². The van der Waals surface area contributed by atoms with E-state index in [1.807, 2.05) is 30.3 Å². The summed E-state index contributed by atoms with van der Waals surface area (Å²) in [7, 11) is -3.19. The van der Waals surface area contributed by atoms with Gasteiger partial charge in [0, 0.05) is 42.3 Å². The molecule has 0 saturated carbocycles. The van der Waals surface area contributed by atoms with E-state index in [9.17, 15) is 26.4 Å². The summed E-state index contributed by atoms with van der Waals surface area (Å²) in [4.78, 5) is 20.8. The Morgan fingerprint density at radius 3 is 2.31 bits per heavy atom. The summed E-state index contributed by atoms with van der Waals surface area (Å²) in [5, 5.41) is 6.51. The third-order valence-electron chi connectivity index (χ3n) is 6.21. The van der Waals surface area contributed by atoms with E-state index in [4.69, 9.17) is 4.42 Å². The predicted molar refractivity (Wildman–Crippen MR) is 136 cm³/mol. The van der Waals surface area contributed by atoms with Crippen LogP contribution in [0.15, 0.2) is 77.5 Å². The maximum Gasteiger partial charge on any atom is 0.470 e. The summed E-state index contributed by atoms with van der Waals surface area (Å²) in [6.45, 7) is 0.283. The fourth-order valence-electron chi connectivity index (χ4n) is 4.12. The van der Waals surface area contributed by atoms with Crippen molar-refractivity contribution in [1.82, 2.24) is 20.1 Å². The quantitative estimate of drug-likeness (QED) is 0.351. The number of carbonyl (C=O) groups excluding carboxylic acids is 1. The van der Waals surface area contributed by atoms with E-state index < -0.39 is 21.9 Å². The van der Waals surface area contributed by atoms with E-state index in [1.165, 1.54) is 17.0 Å². The Balaban J connectivity index is 1.43. The lowest BCUT2D eigenvalue weighted by Crippen LogP contribution is -2.49. The van der Waals surface area contributed by atoms with Gasteiger partial charge in [0.1, 0.15) is 0 Å². The topological polar surface area (TPSA) is 110 Å². The van der Waals surface area contributed by atoms with Gasteiger partial charge in [-0.15, -0.1) is 10.2 Å². The van der Waals surface area contributed by atoms with Crippen molar-refractivity contribution in [1.29, 1.82) is 0 Å². The first-order valence-corrected chi connectivity index (χ1v) is 13.7. The molecule has 2 amide bonds. The first kappa shape index (κ1) is 26.4. The second-order valence-corrected chi connectivity index (χ2v) is 11.2. The van der Waals surface area contributed by atoms with E-state index in [2.05, 4.69) is 15.2 Å². The molecule has 1 saturated heterocycles. The molecule has 3 heterocycles. The molecule has 0 bridgehead atoms. The molecule has 0 aliphatic carbocycles. The first-order chi connectivity index (χ1) is 18.6. The van der Waals surface area contributed by atoms with Gasteiger partial charge < -0.3 is 9.32 Å². The Hall–Kier alpha value is -4.26. The molecule has 0 atom stereocenters. The fraction of sp³-hybridized carbons (Fsp3) is 0.231. The van der Waals surface area contributed by atoms with Crippen LogP contribution in [0, 0.1) is 0 Å². The van der Waals surface area contributed by atoms with E-state index in [0.29, 0.717) is 16.8 Å². The van der Waals surface area contributed by atoms with E-state index in [1.54, 1.807) is 35.5 Å². The molecule has 39 heavy (non-hydrogen) atoms. The molecule has 1 aliphatic heterocycles. The highest BCUT2D eigenvalue weighted by Crippen LogP contribution is 2.31. The minimum atomic E-state index is -4.75. The number of anilines is 1. The van der Waals surface area contributed by atoms with Crippen LogP contribution in [0.1, 0.15) is 11.5 Å². The number of halogens is 3. The molecule has 0 unspecified atom stereocenters. The standard InChI is InChI=1S/C26H22F3N5O4S/c27-26(28,29)24-32-31-23(38-24)19-8-6-18(7-9-19)17-34(25(35)33-11-13-39(36,37)14-12-33)22-5-1-3-20(15-22)21-4-2-10-30-16-21/h1-10,15-16H,11-14,17H2. The van der Waals surface area contributed by atoms with Crippen molar-refractivity contribution in [3.8, 4) is 22.6 Å². The summed E-state index contributed by atoms with van der Waals surface area (Å²) in [5.41, 5.74) is 3.26. The SMILES string of the molecule is O=C(N1CCS(=O)(=O)CC1)N(Cc1ccc(-c2nnc(C(F)(F)F)o2)cc1)c1cccc(-c2cccnc2)c1. The Morgan fingerprint density at radius 1 is 0.949 bits per heavy atom. The van der Waals surface area contributed by atoms with Gasteiger partial charge in [0.25, 0.3) is 0 Å². The highest BCUT2D eigenvalue weighted by atomic mass is 32.2. The van der Waals surface area contributed by atoms with Crippen LogP contribution in [-0.4, -0.2) is 59.1 Å².